The highest BCUT2D eigenvalue weighted by molar-refractivity contribution is 5.94. The maximum atomic E-state index is 13.3. The van der Waals surface area contributed by atoms with Gasteiger partial charge >= 0.3 is 0 Å². The number of halogens is 1. The van der Waals surface area contributed by atoms with Gasteiger partial charge in [0.05, 0.1) is 26.4 Å². The Balaban J connectivity index is 1.30. The summed E-state index contributed by atoms with van der Waals surface area (Å²) in [7, 11) is 0. The molecular formula is C29H39FN8O3. The normalized spacial score (nSPS) is 13.2. The third-order valence-corrected chi connectivity index (χ3v) is 6.46. The molecule has 11 nitrogen and oxygen atoms in total. The van der Waals surface area contributed by atoms with Crippen LogP contribution in [0.4, 0.5) is 22.2 Å². The largest absolute Gasteiger partial charge is 0.378 e. The van der Waals surface area contributed by atoms with Gasteiger partial charge in [0.15, 0.2) is 0 Å². The summed E-state index contributed by atoms with van der Waals surface area (Å²) in [5.74, 6) is 1.10. The SMILES string of the molecule is NCCOCCOCCNC(=O)c1ccc(CNc2nc(NCc3ccc(F)cc3)nc(N3CCCCC3)n2)cc1. The first kappa shape index (κ1) is 30.1. The van der Waals surface area contributed by atoms with Crippen LogP contribution in [0.3, 0.4) is 0 Å². The summed E-state index contributed by atoms with van der Waals surface area (Å²) >= 11 is 0. The summed E-state index contributed by atoms with van der Waals surface area (Å²) < 4.78 is 23.9. The molecule has 2 aromatic carbocycles. The van der Waals surface area contributed by atoms with Crippen molar-refractivity contribution < 1.29 is 18.7 Å². The fourth-order valence-corrected chi connectivity index (χ4v) is 4.24. The fraction of sp³-hybridized carbons (Fsp3) is 0.448. The van der Waals surface area contributed by atoms with E-state index in [4.69, 9.17) is 15.2 Å². The summed E-state index contributed by atoms with van der Waals surface area (Å²) in [5.41, 5.74) is 7.83. The molecule has 1 saturated heterocycles. The van der Waals surface area contributed by atoms with Crippen LogP contribution >= 0.6 is 0 Å². The number of carbonyl (C=O) groups is 1. The number of aromatic nitrogens is 3. The molecular weight excluding hydrogens is 527 g/mol. The number of nitrogens with one attached hydrogen (secondary N) is 3. The zero-order valence-electron chi connectivity index (χ0n) is 23.3. The van der Waals surface area contributed by atoms with Crippen LogP contribution in [0.5, 0.6) is 0 Å². The lowest BCUT2D eigenvalue weighted by Gasteiger charge is -2.27. The molecule has 5 N–H and O–H groups in total. The van der Waals surface area contributed by atoms with Gasteiger partial charge in [-0.1, -0.05) is 24.3 Å². The van der Waals surface area contributed by atoms with E-state index < -0.39 is 0 Å². The highest BCUT2D eigenvalue weighted by Crippen LogP contribution is 2.19. The zero-order chi connectivity index (χ0) is 28.7. The van der Waals surface area contributed by atoms with E-state index in [0.717, 1.165) is 37.1 Å². The Morgan fingerprint density at radius 2 is 1.39 bits per heavy atom. The molecule has 12 heteroatoms. The molecule has 3 aromatic rings. The fourth-order valence-electron chi connectivity index (χ4n) is 4.24. The number of benzene rings is 2. The van der Waals surface area contributed by atoms with Gasteiger partial charge in [-0.3, -0.25) is 4.79 Å². The number of amides is 1. The van der Waals surface area contributed by atoms with Crippen LogP contribution in [0, 0.1) is 5.82 Å². The van der Waals surface area contributed by atoms with E-state index in [2.05, 4.69) is 35.8 Å². The lowest BCUT2D eigenvalue weighted by Crippen LogP contribution is -2.31. The molecule has 0 radical (unpaired) electrons. The van der Waals surface area contributed by atoms with Crippen molar-refractivity contribution in [2.45, 2.75) is 32.4 Å². The predicted octanol–water partition coefficient (Wildman–Crippen LogP) is 2.95. The van der Waals surface area contributed by atoms with Crippen LogP contribution in [-0.2, 0) is 22.6 Å². The van der Waals surface area contributed by atoms with Crippen LogP contribution in [-0.4, -0.2) is 73.5 Å². The van der Waals surface area contributed by atoms with Crippen molar-refractivity contribution in [1.29, 1.82) is 0 Å². The van der Waals surface area contributed by atoms with Gasteiger partial charge in [0.2, 0.25) is 17.8 Å². The van der Waals surface area contributed by atoms with E-state index in [1.54, 1.807) is 24.3 Å². The molecule has 1 amide bonds. The molecule has 41 heavy (non-hydrogen) atoms. The average molecular weight is 567 g/mol. The summed E-state index contributed by atoms with van der Waals surface area (Å²) in [5, 5.41) is 9.38. The Morgan fingerprint density at radius 3 is 2.00 bits per heavy atom. The van der Waals surface area contributed by atoms with Crippen LogP contribution < -0.4 is 26.6 Å². The van der Waals surface area contributed by atoms with Gasteiger partial charge in [-0.15, -0.1) is 0 Å². The van der Waals surface area contributed by atoms with E-state index >= 15 is 0 Å². The van der Waals surface area contributed by atoms with Crippen molar-refractivity contribution in [3.05, 3.63) is 71.0 Å². The number of carbonyl (C=O) groups excluding carboxylic acids is 1. The Hall–Kier alpha value is -3.87. The molecule has 0 bridgehead atoms. The molecule has 0 spiro atoms. The van der Waals surface area contributed by atoms with Crippen molar-refractivity contribution in [2.24, 2.45) is 5.73 Å². The monoisotopic (exact) mass is 566 g/mol. The molecule has 1 aliphatic heterocycles. The Labute approximate surface area is 240 Å². The van der Waals surface area contributed by atoms with Gasteiger partial charge in [0.1, 0.15) is 5.82 Å². The number of ether oxygens (including phenoxy) is 2. The van der Waals surface area contributed by atoms with E-state index in [1.165, 1.54) is 18.6 Å². The summed E-state index contributed by atoms with van der Waals surface area (Å²) in [6.45, 7) is 5.51. The number of rotatable bonds is 16. The topological polar surface area (TPSA) is 140 Å². The third-order valence-electron chi connectivity index (χ3n) is 6.46. The van der Waals surface area contributed by atoms with E-state index in [1.807, 2.05) is 12.1 Å². The first-order valence-corrected chi connectivity index (χ1v) is 14.1. The van der Waals surface area contributed by atoms with Gasteiger partial charge in [-0.2, -0.15) is 15.0 Å². The molecule has 1 fully saturated rings. The standard InChI is InChI=1S/C29H39FN8O3/c30-25-10-6-23(7-11-25)21-34-28-35-27(36-29(37-28)38-14-2-1-3-15-38)33-20-22-4-8-24(9-5-22)26(39)32-13-17-41-19-18-40-16-12-31/h4-11H,1-3,12-21,31H2,(H,32,39)(H2,33,34,35,36,37). The molecule has 0 saturated carbocycles. The predicted molar refractivity (Wildman–Crippen MR) is 156 cm³/mol. The van der Waals surface area contributed by atoms with E-state index in [0.29, 0.717) is 76.0 Å². The molecule has 1 aromatic heterocycles. The molecule has 0 unspecified atom stereocenters. The molecule has 220 valence electrons. The summed E-state index contributed by atoms with van der Waals surface area (Å²) in [4.78, 5) is 28.5. The minimum absolute atomic E-state index is 0.159. The lowest BCUT2D eigenvalue weighted by molar-refractivity contribution is 0.0511. The van der Waals surface area contributed by atoms with Crippen molar-refractivity contribution in [2.75, 3.05) is 68.1 Å². The number of hydrogen-bond donors (Lipinski definition) is 4. The van der Waals surface area contributed by atoms with Crippen molar-refractivity contribution in [3.63, 3.8) is 0 Å². The highest BCUT2D eigenvalue weighted by atomic mass is 19.1. The number of nitrogens with two attached hydrogens (primary N) is 1. The molecule has 0 atom stereocenters. The smallest absolute Gasteiger partial charge is 0.251 e. The highest BCUT2D eigenvalue weighted by Gasteiger charge is 2.16. The van der Waals surface area contributed by atoms with Crippen molar-refractivity contribution in [3.8, 4) is 0 Å². The van der Waals surface area contributed by atoms with Crippen molar-refractivity contribution in [1.82, 2.24) is 20.3 Å². The molecule has 2 heterocycles. The maximum absolute atomic E-state index is 13.3. The lowest BCUT2D eigenvalue weighted by atomic mass is 10.1. The molecule has 4 rings (SSSR count). The van der Waals surface area contributed by atoms with Crippen LogP contribution in [0.1, 0.15) is 40.7 Å². The zero-order valence-corrected chi connectivity index (χ0v) is 23.3. The number of anilines is 3. The first-order chi connectivity index (χ1) is 20.1. The van der Waals surface area contributed by atoms with Gasteiger partial charge in [0, 0.05) is 44.8 Å². The van der Waals surface area contributed by atoms with Gasteiger partial charge in [-0.05, 0) is 54.7 Å². The maximum Gasteiger partial charge on any atom is 0.251 e. The average Bonchev–Trinajstić information content (AvgIpc) is 3.01. The van der Waals surface area contributed by atoms with Crippen LogP contribution in [0.2, 0.25) is 0 Å². The number of nitrogens with zero attached hydrogens (tertiary/aromatic N) is 4. The molecule has 1 aliphatic rings. The minimum atomic E-state index is -0.271. The van der Waals surface area contributed by atoms with Crippen LogP contribution in [0.25, 0.3) is 0 Å². The van der Waals surface area contributed by atoms with Crippen molar-refractivity contribution >= 4 is 23.8 Å². The number of piperidine rings is 1. The Kier molecular flexibility index (Phi) is 12.0. The second-order valence-electron chi connectivity index (χ2n) is 9.63. The minimum Gasteiger partial charge on any atom is -0.378 e. The molecule has 0 aliphatic carbocycles. The van der Waals surface area contributed by atoms with Crippen LogP contribution in [0.15, 0.2) is 48.5 Å². The second-order valence-corrected chi connectivity index (χ2v) is 9.63. The van der Waals surface area contributed by atoms with Gasteiger partial charge in [0.25, 0.3) is 5.91 Å². The van der Waals surface area contributed by atoms with Gasteiger partial charge in [-0.25, -0.2) is 4.39 Å². The second kappa shape index (κ2) is 16.4. The summed E-state index contributed by atoms with van der Waals surface area (Å²) in [6, 6.07) is 13.7. The first-order valence-electron chi connectivity index (χ1n) is 14.1. The summed E-state index contributed by atoms with van der Waals surface area (Å²) in [6.07, 6.45) is 3.41. The number of hydrogen-bond acceptors (Lipinski definition) is 10. The van der Waals surface area contributed by atoms with Gasteiger partial charge < -0.3 is 36.1 Å². The Morgan fingerprint density at radius 1 is 0.805 bits per heavy atom. The van der Waals surface area contributed by atoms with E-state index in [9.17, 15) is 9.18 Å². The Bertz CT molecular complexity index is 1210. The third kappa shape index (κ3) is 10.2. The quantitative estimate of drug-likeness (QED) is 0.191. The van der Waals surface area contributed by atoms with E-state index in [-0.39, 0.29) is 11.7 Å².